The van der Waals surface area contributed by atoms with Crippen LogP contribution in [0.3, 0.4) is 0 Å². The summed E-state index contributed by atoms with van der Waals surface area (Å²) in [4.78, 5) is 6.93. The van der Waals surface area contributed by atoms with E-state index in [0.29, 0.717) is 36.1 Å². The average Bonchev–Trinajstić information content (AvgIpc) is 3.28. The monoisotopic (exact) mass is 413 g/mol. The van der Waals surface area contributed by atoms with Gasteiger partial charge in [-0.1, -0.05) is 41.1 Å². The molecule has 152 valence electrons. The summed E-state index contributed by atoms with van der Waals surface area (Å²) in [6, 6.07) is 14.5. The van der Waals surface area contributed by atoms with Gasteiger partial charge in [-0.15, -0.1) is 0 Å². The summed E-state index contributed by atoms with van der Waals surface area (Å²) in [5.41, 5.74) is 2.96. The molecule has 2 heterocycles. The van der Waals surface area contributed by atoms with E-state index in [4.69, 9.17) is 4.52 Å². The molecule has 4 rings (SSSR count). The van der Waals surface area contributed by atoms with Gasteiger partial charge in [-0.3, -0.25) is 4.90 Å². The SMILES string of the molecule is Cc1cccc(-c2noc([C@H]3C[C@@H](O)CN3Cc3ccc(S(C)(=O)=O)cc3)n2)c1. The number of aryl methyl sites for hydroxylation is 1. The number of aliphatic hydroxyl groups is 1. The maximum absolute atomic E-state index is 11.6. The number of β-amino-alcohol motifs (C(OH)–C–C–N with tert-alkyl or cyclic N) is 1. The number of benzene rings is 2. The molecule has 1 fully saturated rings. The Balaban J connectivity index is 1.54. The van der Waals surface area contributed by atoms with E-state index >= 15 is 0 Å². The Bertz CT molecular complexity index is 1110. The van der Waals surface area contributed by atoms with Crippen LogP contribution in [-0.2, 0) is 16.4 Å². The molecule has 0 spiro atoms. The van der Waals surface area contributed by atoms with Crippen molar-refractivity contribution >= 4 is 9.84 Å². The fraction of sp³-hybridized carbons (Fsp3) is 0.333. The van der Waals surface area contributed by atoms with Crippen LogP contribution >= 0.6 is 0 Å². The van der Waals surface area contributed by atoms with Gasteiger partial charge in [-0.25, -0.2) is 8.42 Å². The molecular formula is C21H23N3O4S. The molecule has 2 atom stereocenters. The molecule has 1 N–H and O–H groups in total. The van der Waals surface area contributed by atoms with E-state index in [9.17, 15) is 13.5 Å². The standard InChI is InChI=1S/C21H23N3O4S/c1-14-4-3-5-16(10-14)20-22-21(28-23-20)19-11-17(25)13-24(19)12-15-6-8-18(9-7-15)29(2,26)27/h3-10,17,19,25H,11-13H2,1-2H3/t17-,19-/m1/s1. The highest BCUT2D eigenvalue weighted by molar-refractivity contribution is 7.90. The molecule has 1 aliphatic heterocycles. The van der Waals surface area contributed by atoms with Crippen molar-refractivity contribution in [3.8, 4) is 11.4 Å². The lowest BCUT2D eigenvalue weighted by atomic mass is 10.1. The first-order valence-electron chi connectivity index (χ1n) is 9.41. The number of aromatic nitrogens is 2. The fourth-order valence-corrected chi connectivity index (χ4v) is 4.29. The lowest BCUT2D eigenvalue weighted by molar-refractivity contribution is 0.169. The molecule has 7 nitrogen and oxygen atoms in total. The second-order valence-electron chi connectivity index (χ2n) is 7.58. The Labute approximate surface area is 169 Å². The van der Waals surface area contributed by atoms with Crippen LogP contribution in [0.5, 0.6) is 0 Å². The van der Waals surface area contributed by atoms with Crippen molar-refractivity contribution in [2.75, 3.05) is 12.8 Å². The van der Waals surface area contributed by atoms with Gasteiger partial charge >= 0.3 is 0 Å². The summed E-state index contributed by atoms with van der Waals surface area (Å²) in [5, 5.41) is 14.3. The van der Waals surface area contributed by atoms with E-state index in [1.807, 2.05) is 31.2 Å². The molecule has 0 amide bonds. The maximum atomic E-state index is 11.6. The smallest absolute Gasteiger partial charge is 0.244 e. The van der Waals surface area contributed by atoms with E-state index in [0.717, 1.165) is 16.7 Å². The lowest BCUT2D eigenvalue weighted by Gasteiger charge is -2.21. The molecule has 1 aromatic heterocycles. The van der Waals surface area contributed by atoms with Crippen LogP contribution in [0.25, 0.3) is 11.4 Å². The molecule has 0 unspecified atom stereocenters. The first kappa shape index (κ1) is 19.8. The van der Waals surface area contributed by atoms with Gasteiger partial charge in [-0.05, 0) is 37.1 Å². The Morgan fingerprint density at radius 2 is 1.97 bits per heavy atom. The molecule has 1 aliphatic rings. The third-order valence-corrected chi connectivity index (χ3v) is 6.25. The molecule has 0 aliphatic carbocycles. The Morgan fingerprint density at radius 1 is 1.21 bits per heavy atom. The Morgan fingerprint density at radius 3 is 2.66 bits per heavy atom. The minimum atomic E-state index is -3.22. The lowest BCUT2D eigenvalue weighted by Crippen LogP contribution is -2.24. The van der Waals surface area contributed by atoms with Crippen molar-refractivity contribution in [3.63, 3.8) is 0 Å². The maximum Gasteiger partial charge on any atom is 0.244 e. The number of aliphatic hydroxyl groups excluding tert-OH is 1. The molecule has 1 saturated heterocycles. The Hall–Kier alpha value is -2.55. The van der Waals surface area contributed by atoms with Gasteiger partial charge in [0.15, 0.2) is 9.84 Å². The zero-order valence-electron chi connectivity index (χ0n) is 16.3. The number of nitrogens with zero attached hydrogens (tertiary/aromatic N) is 3. The van der Waals surface area contributed by atoms with Gasteiger partial charge in [0, 0.05) is 24.9 Å². The summed E-state index contributed by atoms with van der Waals surface area (Å²) < 4.78 is 28.8. The highest BCUT2D eigenvalue weighted by Gasteiger charge is 2.36. The van der Waals surface area contributed by atoms with Crippen molar-refractivity contribution in [2.45, 2.75) is 36.9 Å². The van der Waals surface area contributed by atoms with Gasteiger partial charge in [0.2, 0.25) is 11.7 Å². The van der Waals surface area contributed by atoms with E-state index in [1.54, 1.807) is 24.3 Å². The quantitative estimate of drug-likeness (QED) is 0.687. The summed E-state index contributed by atoms with van der Waals surface area (Å²) in [7, 11) is -3.22. The normalized spacial score (nSPS) is 20.2. The molecule has 3 aromatic rings. The summed E-state index contributed by atoms with van der Waals surface area (Å²) in [6.45, 7) is 3.04. The van der Waals surface area contributed by atoms with E-state index in [1.165, 1.54) is 6.26 Å². The second kappa shape index (κ2) is 7.70. The van der Waals surface area contributed by atoms with Crippen molar-refractivity contribution in [1.29, 1.82) is 0 Å². The molecule has 8 heteroatoms. The van der Waals surface area contributed by atoms with Gasteiger partial charge in [-0.2, -0.15) is 4.98 Å². The topological polar surface area (TPSA) is 96.5 Å². The van der Waals surface area contributed by atoms with Crippen molar-refractivity contribution < 1.29 is 18.0 Å². The molecule has 0 saturated carbocycles. The van der Waals surface area contributed by atoms with Crippen LogP contribution in [0.2, 0.25) is 0 Å². The van der Waals surface area contributed by atoms with Crippen molar-refractivity contribution in [2.24, 2.45) is 0 Å². The third kappa shape index (κ3) is 4.39. The predicted octanol–water partition coefficient (Wildman–Crippen LogP) is 2.76. The first-order valence-corrected chi connectivity index (χ1v) is 11.3. The molecule has 29 heavy (non-hydrogen) atoms. The molecular weight excluding hydrogens is 390 g/mol. The van der Waals surface area contributed by atoms with Gasteiger partial charge in [0.05, 0.1) is 17.0 Å². The van der Waals surface area contributed by atoms with Crippen LogP contribution in [0.4, 0.5) is 0 Å². The minimum absolute atomic E-state index is 0.189. The second-order valence-corrected chi connectivity index (χ2v) is 9.59. The largest absolute Gasteiger partial charge is 0.392 e. The molecule has 0 bridgehead atoms. The number of rotatable bonds is 5. The highest BCUT2D eigenvalue weighted by Crippen LogP contribution is 2.33. The summed E-state index contributed by atoms with van der Waals surface area (Å²) in [6.07, 6.45) is 1.22. The van der Waals surface area contributed by atoms with Crippen molar-refractivity contribution in [1.82, 2.24) is 15.0 Å². The Kier molecular flexibility index (Phi) is 5.24. The van der Waals surface area contributed by atoms with Gasteiger partial charge in [0.1, 0.15) is 0 Å². The number of sulfone groups is 1. The minimum Gasteiger partial charge on any atom is -0.392 e. The average molecular weight is 413 g/mol. The van der Waals surface area contributed by atoms with E-state index in [-0.39, 0.29) is 6.04 Å². The van der Waals surface area contributed by atoms with Crippen LogP contribution < -0.4 is 0 Å². The van der Waals surface area contributed by atoms with E-state index in [2.05, 4.69) is 15.0 Å². The van der Waals surface area contributed by atoms with Crippen LogP contribution in [0, 0.1) is 6.92 Å². The first-order chi connectivity index (χ1) is 13.8. The highest BCUT2D eigenvalue weighted by atomic mass is 32.2. The van der Waals surface area contributed by atoms with Crippen LogP contribution in [0.15, 0.2) is 57.9 Å². The zero-order chi connectivity index (χ0) is 20.6. The molecule has 0 radical (unpaired) electrons. The molecule has 2 aromatic carbocycles. The van der Waals surface area contributed by atoms with Gasteiger partial charge in [0.25, 0.3) is 0 Å². The van der Waals surface area contributed by atoms with Gasteiger partial charge < -0.3 is 9.63 Å². The summed E-state index contributed by atoms with van der Waals surface area (Å²) >= 11 is 0. The zero-order valence-corrected chi connectivity index (χ0v) is 17.1. The summed E-state index contributed by atoms with van der Waals surface area (Å²) in [5.74, 6) is 1.01. The van der Waals surface area contributed by atoms with Crippen LogP contribution in [0.1, 0.15) is 29.5 Å². The van der Waals surface area contributed by atoms with Crippen LogP contribution in [-0.4, -0.2) is 47.5 Å². The number of hydrogen-bond acceptors (Lipinski definition) is 7. The third-order valence-electron chi connectivity index (χ3n) is 5.12. The number of hydrogen-bond donors (Lipinski definition) is 1. The fourth-order valence-electron chi connectivity index (χ4n) is 3.66. The van der Waals surface area contributed by atoms with E-state index < -0.39 is 15.9 Å². The number of likely N-dealkylation sites (tertiary alicyclic amines) is 1. The van der Waals surface area contributed by atoms with Crippen molar-refractivity contribution in [3.05, 3.63) is 65.5 Å². The predicted molar refractivity (Wildman–Crippen MR) is 108 cm³/mol.